The van der Waals surface area contributed by atoms with Crippen LogP contribution in [0.15, 0.2) is 36.4 Å². The minimum atomic E-state index is -0.199. The van der Waals surface area contributed by atoms with Crippen LogP contribution in [0.3, 0.4) is 0 Å². The topological polar surface area (TPSA) is 55.1 Å². The molecule has 0 spiro atoms. The maximum absolute atomic E-state index is 12.1. The average molecular weight is 275 g/mol. The second-order valence-electron chi connectivity index (χ2n) is 4.51. The molecule has 0 atom stereocenters. The standard InChI is InChI=1S/C15H15ClN2O/c1-9-3-4-10(2)14(7-9)18-15(19)11-5-6-13(17)12(16)8-11/h3-8H,17H2,1-2H3,(H,18,19). The Morgan fingerprint density at radius 3 is 2.58 bits per heavy atom. The van der Waals surface area contributed by atoms with E-state index >= 15 is 0 Å². The quantitative estimate of drug-likeness (QED) is 0.819. The Kier molecular flexibility index (Phi) is 3.76. The first-order valence-electron chi connectivity index (χ1n) is 5.91. The molecule has 0 radical (unpaired) electrons. The van der Waals surface area contributed by atoms with Crippen molar-refractivity contribution in [2.45, 2.75) is 13.8 Å². The number of carbonyl (C=O) groups is 1. The Labute approximate surface area is 117 Å². The predicted molar refractivity (Wildman–Crippen MR) is 79.7 cm³/mol. The maximum Gasteiger partial charge on any atom is 0.255 e. The van der Waals surface area contributed by atoms with Crippen molar-refractivity contribution in [2.24, 2.45) is 0 Å². The van der Waals surface area contributed by atoms with E-state index < -0.39 is 0 Å². The number of carbonyl (C=O) groups excluding carboxylic acids is 1. The van der Waals surface area contributed by atoms with Gasteiger partial charge < -0.3 is 11.1 Å². The molecular formula is C15H15ClN2O. The van der Waals surface area contributed by atoms with Gasteiger partial charge in [0, 0.05) is 11.3 Å². The highest BCUT2D eigenvalue weighted by Crippen LogP contribution is 2.21. The maximum atomic E-state index is 12.1. The number of hydrogen-bond donors (Lipinski definition) is 2. The smallest absolute Gasteiger partial charge is 0.255 e. The Hall–Kier alpha value is -2.00. The highest BCUT2D eigenvalue weighted by atomic mass is 35.5. The number of amides is 1. The molecule has 98 valence electrons. The minimum Gasteiger partial charge on any atom is -0.398 e. The summed E-state index contributed by atoms with van der Waals surface area (Å²) in [7, 11) is 0. The monoisotopic (exact) mass is 274 g/mol. The van der Waals surface area contributed by atoms with Gasteiger partial charge in [-0.2, -0.15) is 0 Å². The van der Waals surface area contributed by atoms with Crippen LogP contribution in [0.25, 0.3) is 0 Å². The average Bonchev–Trinajstić information content (AvgIpc) is 2.37. The fourth-order valence-electron chi connectivity index (χ4n) is 1.73. The summed E-state index contributed by atoms with van der Waals surface area (Å²) in [6.45, 7) is 3.93. The number of anilines is 2. The molecule has 0 heterocycles. The Balaban J connectivity index is 2.25. The van der Waals surface area contributed by atoms with Crippen LogP contribution in [0.1, 0.15) is 21.5 Å². The zero-order valence-corrected chi connectivity index (χ0v) is 11.6. The van der Waals surface area contributed by atoms with Crippen molar-refractivity contribution in [3.8, 4) is 0 Å². The van der Waals surface area contributed by atoms with Gasteiger partial charge >= 0.3 is 0 Å². The molecule has 0 aliphatic rings. The van der Waals surface area contributed by atoms with E-state index in [0.717, 1.165) is 16.8 Å². The van der Waals surface area contributed by atoms with Crippen molar-refractivity contribution in [1.29, 1.82) is 0 Å². The molecule has 2 rings (SSSR count). The SMILES string of the molecule is Cc1ccc(C)c(NC(=O)c2ccc(N)c(Cl)c2)c1. The molecule has 1 amide bonds. The zero-order chi connectivity index (χ0) is 14.0. The van der Waals surface area contributed by atoms with Crippen molar-refractivity contribution < 1.29 is 4.79 Å². The number of halogens is 1. The lowest BCUT2D eigenvalue weighted by atomic mass is 10.1. The molecule has 0 aromatic heterocycles. The van der Waals surface area contributed by atoms with Gasteiger partial charge in [0.05, 0.1) is 10.7 Å². The van der Waals surface area contributed by atoms with Gasteiger partial charge in [-0.15, -0.1) is 0 Å². The van der Waals surface area contributed by atoms with Crippen molar-refractivity contribution >= 4 is 28.9 Å². The lowest BCUT2D eigenvalue weighted by molar-refractivity contribution is 0.102. The van der Waals surface area contributed by atoms with Crippen LogP contribution in [-0.4, -0.2) is 5.91 Å². The first-order chi connectivity index (χ1) is 8.97. The first kappa shape index (κ1) is 13.4. The Morgan fingerprint density at radius 1 is 1.16 bits per heavy atom. The number of nitrogens with one attached hydrogen (secondary N) is 1. The van der Waals surface area contributed by atoms with Crippen LogP contribution >= 0.6 is 11.6 Å². The summed E-state index contributed by atoms with van der Waals surface area (Å²) in [6.07, 6.45) is 0. The molecule has 0 bridgehead atoms. The fraction of sp³-hybridized carbons (Fsp3) is 0.133. The van der Waals surface area contributed by atoms with E-state index in [1.165, 1.54) is 0 Å². The Bertz CT molecular complexity index is 638. The van der Waals surface area contributed by atoms with E-state index in [-0.39, 0.29) is 5.91 Å². The molecular weight excluding hydrogens is 260 g/mol. The van der Waals surface area contributed by atoms with Gasteiger partial charge in [0.15, 0.2) is 0 Å². The van der Waals surface area contributed by atoms with E-state index in [4.69, 9.17) is 17.3 Å². The van der Waals surface area contributed by atoms with E-state index in [1.54, 1.807) is 18.2 Å². The number of hydrogen-bond acceptors (Lipinski definition) is 2. The van der Waals surface area contributed by atoms with Crippen molar-refractivity contribution in [3.63, 3.8) is 0 Å². The first-order valence-corrected chi connectivity index (χ1v) is 6.29. The largest absolute Gasteiger partial charge is 0.398 e. The predicted octanol–water partition coefficient (Wildman–Crippen LogP) is 3.79. The molecule has 0 unspecified atom stereocenters. The van der Waals surface area contributed by atoms with Gasteiger partial charge in [-0.05, 0) is 49.2 Å². The lowest BCUT2D eigenvalue weighted by Crippen LogP contribution is -2.13. The lowest BCUT2D eigenvalue weighted by Gasteiger charge is -2.10. The van der Waals surface area contributed by atoms with Crippen LogP contribution < -0.4 is 11.1 Å². The van der Waals surface area contributed by atoms with Gasteiger partial charge in [-0.25, -0.2) is 0 Å². The summed E-state index contributed by atoms with van der Waals surface area (Å²) in [6, 6.07) is 10.8. The van der Waals surface area contributed by atoms with Crippen LogP contribution in [0, 0.1) is 13.8 Å². The van der Waals surface area contributed by atoms with Crippen LogP contribution in [-0.2, 0) is 0 Å². The third-order valence-corrected chi connectivity index (χ3v) is 3.23. The molecule has 19 heavy (non-hydrogen) atoms. The van der Waals surface area contributed by atoms with E-state index in [1.807, 2.05) is 32.0 Å². The third kappa shape index (κ3) is 3.06. The fourth-order valence-corrected chi connectivity index (χ4v) is 1.91. The number of nitrogens with two attached hydrogens (primary N) is 1. The molecule has 2 aromatic rings. The minimum absolute atomic E-state index is 0.199. The summed E-state index contributed by atoms with van der Waals surface area (Å²) < 4.78 is 0. The van der Waals surface area contributed by atoms with Crippen molar-refractivity contribution in [3.05, 3.63) is 58.1 Å². The summed E-state index contributed by atoms with van der Waals surface area (Å²) in [4.78, 5) is 12.1. The number of nitrogen functional groups attached to an aromatic ring is 1. The highest BCUT2D eigenvalue weighted by molar-refractivity contribution is 6.33. The molecule has 3 N–H and O–H groups in total. The van der Waals surface area contributed by atoms with E-state index in [2.05, 4.69) is 5.32 Å². The van der Waals surface area contributed by atoms with Gasteiger partial charge in [-0.1, -0.05) is 23.7 Å². The van der Waals surface area contributed by atoms with Crippen molar-refractivity contribution in [1.82, 2.24) is 0 Å². The van der Waals surface area contributed by atoms with Crippen LogP contribution in [0.5, 0.6) is 0 Å². The third-order valence-electron chi connectivity index (χ3n) is 2.90. The number of rotatable bonds is 2. The Morgan fingerprint density at radius 2 is 1.89 bits per heavy atom. The molecule has 0 saturated carbocycles. The normalized spacial score (nSPS) is 10.3. The molecule has 4 heteroatoms. The molecule has 2 aromatic carbocycles. The van der Waals surface area contributed by atoms with Crippen LogP contribution in [0.2, 0.25) is 5.02 Å². The second-order valence-corrected chi connectivity index (χ2v) is 4.92. The molecule has 0 fully saturated rings. The number of benzene rings is 2. The van der Waals surface area contributed by atoms with E-state index in [0.29, 0.717) is 16.3 Å². The van der Waals surface area contributed by atoms with Gasteiger partial charge in [0.25, 0.3) is 5.91 Å². The summed E-state index contributed by atoms with van der Waals surface area (Å²) >= 11 is 5.91. The van der Waals surface area contributed by atoms with Crippen LogP contribution in [0.4, 0.5) is 11.4 Å². The summed E-state index contributed by atoms with van der Waals surface area (Å²) in [5.74, 6) is -0.199. The molecule has 3 nitrogen and oxygen atoms in total. The zero-order valence-electron chi connectivity index (χ0n) is 10.8. The highest BCUT2D eigenvalue weighted by Gasteiger charge is 2.09. The molecule has 0 aliphatic carbocycles. The van der Waals surface area contributed by atoms with Crippen molar-refractivity contribution in [2.75, 3.05) is 11.1 Å². The summed E-state index contributed by atoms with van der Waals surface area (Å²) in [5.41, 5.74) is 9.48. The van der Waals surface area contributed by atoms with Gasteiger partial charge in [0.1, 0.15) is 0 Å². The molecule has 0 saturated heterocycles. The molecule has 0 aliphatic heterocycles. The number of aryl methyl sites for hydroxylation is 2. The summed E-state index contributed by atoms with van der Waals surface area (Å²) in [5, 5.41) is 3.26. The van der Waals surface area contributed by atoms with Gasteiger partial charge in [-0.3, -0.25) is 4.79 Å². The second kappa shape index (κ2) is 5.33. The van der Waals surface area contributed by atoms with Gasteiger partial charge in [0.2, 0.25) is 0 Å². The van der Waals surface area contributed by atoms with E-state index in [9.17, 15) is 4.79 Å².